The van der Waals surface area contributed by atoms with E-state index in [9.17, 15) is 4.79 Å². The van der Waals surface area contributed by atoms with Gasteiger partial charge >= 0.3 is 0 Å². The van der Waals surface area contributed by atoms with Crippen molar-refractivity contribution in [3.05, 3.63) is 0 Å². The second kappa shape index (κ2) is 6.30. The molecule has 3 nitrogen and oxygen atoms in total. The lowest BCUT2D eigenvalue weighted by Crippen LogP contribution is -2.38. The second-order valence-corrected chi connectivity index (χ2v) is 4.70. The molecule has 0 aliphatic carbocycles. The summed E-state index contributed by atoms with van der Waals surface area (Å²) in [5, 5.41) is 3.30. The Morgan fingerprint density at radius 2 is 2.29 bits per heavy atom. The van der Waals surface area contributed by atoms with E-state index in [1.807, 2.05) is 18.1 Å². The largest absolute Gasteiger partial charge is 0.341 e. The fraction of sp³-hybridized carbons (Fsp3) is 0.900. The van der Waals surface area contributed by atoms with Crippen LogP contribution in [0.1, 0.15) is 13.3 Å². The summed E-state index contributed by atoms with van der Waals surface area (Å²) in [7, 11) is 0. The van der Waals surface area contributed by atoms with Gasteiger partial charge in [-0.3, -0.25) is 4.79 Å². The van der Waals surface area contributed by atoms with Crippen LogP contribution in [-0.4, -0.2) is 49.0 Å². The molecule has 0 aromatic carbocycles. The maximum absolute atomic E-state index is 11.9. The Bertz CT molecular complexity index is 179. The van der Waals surface area contributed by atoms with Crippen LogP contribution in [0.15, 0.2) is 0 Å². The van der Waals surface area contributed by atoms with E-state index >= 15 is 0 Å². The monoisotopic (exact) mass is 216 g/mol. The first-order chi connectivity index (χ1) is 6.75. The first-order valence-corrected chi connectivity index (χ1v) is 6.63. The number of nitrogens with zero attached hydrogens (tertiary/aromatic N) is 1. The van der Waals surface area contributed by atoms with E-state index in [2.05, 4.69) is 5.32 Å². The van der Waals surface area contributed by atoms with Gasteiger partial charge in [0.2, 0.25) is 5.91 Å². The molecule has 0 spiro atoms. The van der Waals surface area contributed by atoms with E-state index in [4.69, 9.17) is 0 Å². The molecule has 1 rings (SSSR count). The van der Waals surface area contributed by atoms with Gasteiger partial charge in [-0.1, -0.05) is 6.92 Å². The van der Waals surface area contributed by atoms with E-state index in [0.717, 1.165) is 38.4 Å². The van der Waals surface area contributed by atoms with Crippen LogP contribution in [0.5, 0.6) is 0 Å². The summed E-state index contributed by atoms with van der Waals surface area (Å²) < 4.78 is 0. The van der Waals surface area contributed by atoms with Gasteiger partial charge in [0.15, 0.2) is 0 Å². The molecule has 1 aliphatic heterocycles. The van der Waals surface area contributed by atoms with Crippen LogP contribution in [0.3, 0.4) is 0 Å². The number of hydrogen-bond donors (Lipinski definition) is 1. The zero-order valence-corrected chi connectivity index (χ0v) is 9.90. The Morgan fingerprint density at radius 3 is 3.00 bits per heavy atom. The third kappa shape index (κ3) is 3.50. The van der Waals surface area contributed by atoms with E-state index in [0.29, 0.717) is 5.91 Å². The molecule has 1 saturated heterocycles. The maximum Gasteiger partial charge on any atom is 0.226 e. The quantitative estimate of drug-likeness (QED) is 0.757. The van der Waals surface area contributed by atoms with Crippen LogP contribution < -0.4 is 5.32 Å². The molecule has 0 bridgehead atoms. The highest BCUT2D eigenvalue weighted by Gasteiger charge is 2.20. The summed E-state index contributed by atoms with van der Waals surface area (Å²) in [4.78, 5) is 13.9. The van der Waals surface area contributed by atoms with Crippen LogP contribution in [0.25, 0.3) is 0 Å². The van der Waals surface area contributed by atoms with Crippen LogP contribution in [0, 0.1) is 5.92 Å². The van der Waals surface area contributed by atoms with Gasteiger partial charge in [0, 0.05) is 31.3 Å². The highest BCUT2D eigenvalue weighted by atomic mass is 32.2. The van der Waals surface area contributed by atoms with E-state index in [1.54, 1.807) is 11.8 Å². The lowest BCUT2D eigenvalue weighted by atomic mass is 10.2. The van der Waals surface area contributed by atoms with Gasteiger partial charge in [-0.05, 0) is 19.2 Å². The van der Waals surface area contributed by atoms with Crippen molar-refractivity contribution in [2.24, 2.45) is 5.92 Å². The number of amides is 1. The third-order valence-corrected chi connectivity index (χ3v) is 3.32. The highest BCUT2D eigenvalue weighted by molar-refractivity contribution is 7.98. The predicted molar refractivity (Wildman–Crippen MR) is 61.6 cm³/mol. The molecular weight excluding hydrogens is 196 g/mol. The summed E-state index contributed by atoms with van der Waals surface area (Å²) in [5.74, 6) is 1.43. The molecule has 4 heteroatoms. The SMILES string of the molecule is CSCC(C)C(=O)N1CCCNCC1. The Morgan fingerprint density at radius 1 is 1.50 bits per heavy atom. The van der Waals surface area contributed by atoms with Gasteiger partial charge in [-0.2, -0.15) is 11.8 Å². The van der Waals surface area contributed by atoms with Crippen molar-refractivity contribution in [2.45, 2.75) is 13.3 Å². The summed E-state index contributed by atoms with van der Waals surface area (Å²) in [6.45, 7) is 5.80. The van der Waals surface area contributed by atoms with E-state index < -0.39 is 0 Å². The molecule has 1 heterocycles. The smallest absolute Gasteiger partial charge is 0.226 e. The van der Waals surface area contributed by atoms with Crippen molar-refractivity contribution in [3.63, 3.8) is 0 Å². The fourth-order valence-corrected chi connectivity index (χ4v) is 2.34. The van der Waals surface area contributed by atoms with Gasteiger partial charge in [0.05, 0.1) is 0 Å². The molecule has 1 aliphatic rings. The number of carbonyl (C=O) groups is 1. The van der Waals surface area contributed by atoms with Gasteiger partial charge in [0.25, 0.3) is 0 Å². The summed E-state index contributed by atoms with van der Waals surface area (Å²) in [6.07, 6.45) is 3.13. The molecule has 0 saturated carbocycles. The summed E-state index contributed by atoms with van der Waals surface area (Å²) in [6, 6.07) is 0. The van der Waals surface area contributed by atoms with Crippen LogP contribution >= 0.6 is 11.8 Å². The van der Waals surface area contributed by atoms with Gasteiger partial charge in [-0.15, -0.1) is 0 Å². The number of thioether (sulfide) groups is 1. The lowest BCUT2D eigenvalue weighted by molar-refractivity contribution is -0.134. The molecule has 0 aromatic heterocycles. The highest BCUT2D eigenvalue weighted by Crippen LogP contribution is 2.09. The van der Waals surface area contributed by atoms with Crippen molar-refractivity contribution in [1.29, 1.82) is 0 Å². The Kier molecular flexibility index (Phi) is 5.33. The zero-order chi connectivity index (χ0) is 10.4. The third-order valence-electron chi connectivity index (χ3n) is 2.49. The molecule has 1 N–H and O–H groups in total. The number of rotatable bonds is 3. The van der Waals surface area contributed by atoms with Crippen molar-refractivity contribution in [3.8, 4) is 0 Å². The fourth-order valence-electron chi connectivity index (χ4n) is 1.70. The molecule has 0 aromatic rings. The van der Waals surface area contributed by atoms with Crippen molar-refractivity contribution >= 4 is 17.7 Å². The zero-order valence-electron chi connectivity index (χ0n) is 9.08. The minimum absolute atomic E-state index is 0.170. The Hall–Kier alpha value is -0.220. The molecular formula is C10H20N2OS. The summed E-state index contributed by atoms with van der Waals surface area (Å²) >= 11 is 1.74. The van der Waals surface area contributed by atoms with Gasteiger partial charge < -0.3 is 10.2 Å². The average Bonchev–Trinajstić information content (AvgIpc) is 2.45. The molecule has 1 fully saturated rings. The Labute approximate surface area is 90.6 Å². The van der Waals surface area contributed by atoms with Gasteiger partial charge in [-0.25, -0.2) is 0 Å². The number of carbonyl (C=O) groups excluding carboxylic acids is 1. The lowest BCUT2D eigenvalue weighted by Gasteiger charge is -2.23. The number of nitrogens with one attached hydrogen (secondary N) is 1. The van der Waals surface area contributed by atoms with Crippen LogP contribution in [-0.2, 0) is 4.79 Å². The predicted octanol–water partition coefficient (Wildman–Crippen LogP) is 0.807. The topological polar surface area (TPSA) is 32.3 Å². The van der Waals surface area contributed by atoms with E-state index in [1.165, 1.54) is 0 Å². The van der Waals surface area contributed by atoms with E-state index in [-0.39, 0.29) is 5.92 Å². The van der Waals surface area contributed by atoms with Crippen molar-refractivity contribution in [1.82, 2.24) is 10.2 Å². The van der Waals surface area contributed by atoms with Crippen molar-refractivity contribution < 1.29 is 4.79 Å². The van der Waals surface area contributed by atoms with Crippen LogP contribution in [0.4, 0.5) is 0 Å². The molecule has 1 atom stereocenters. The molecule has 82 valence electrons. The molecule has 0 radical (unpaired) electrons. The maximum atomic E-state index is 11.9. The van der Waals surface area contributed by atoms with Crippen molar-refractivity contribution in [2.75, 3.05) is 38.2 Å². The minimum atomic E-state index is 0.170. The second-order valence-electron chi connectivity index (χ2n) is 3.79. The first-order valence-electron chi connectivity index (χ1n) is 5.24. The first kappa shape index (κ1) is 11.9. The summed E-state index contributed by atoms with van der Waals surface area (Å²) in [5.41, 5.74) is 0. The molecule has 1 unspecified atom stereocenters. The molecule has 1 amide bonds. The van der Waals surface area contributed by atoms with Crippen LogP contribution in [0.2, 0.25) is 0 Å². The standard InChI is InChI=1S/C10H20N2OS/c1-9(8-14-2)10(13)12-6-3-4-11-5-7-12/h9,11H,3-8H2,1-2H3. The molecule has 14 heavy (non-hydrogen) atoms. The number of hydrogen-bond acceptors (Lipinski definition) is 3. The Balaban J connectivity index is 2.40. The average molecular weight is 216 g/mol. The normalized spacial score (nSPS) is 20.3. The minimum Gasteiger partial charge on any atom is -0.341 e. The van der Waals surface area contributed by atoms with Gasteiger partial charge in [0.1, 0.15) is 0 Å².